The number of sulfonamides is 1. The summed E-state index contributed by atoms with van der Waals surface area (Å²) in [5, 5.41) is 0.666. The number of aromatic nitrogens is 1. The molecular formula is C20H22N2O3S2. The first-order valence-electron chi connectivity index (χ1n) is 9.03. The summed E-state index contributed by atoms with van der Waals surface area (Å²) in [5.41, 5.74) is 3.17. The van der Waals surface area contributed by atoms with E-state index in [1.54, 1.807) is 27.8 Å². The predicted molar refractivity (Wildman–Crippen MR) is 108 cm³/mol. The minimum Gasteiger partial charge on any atom is -0.467 e. The summed E-state index contributed by atoms with van der Waals surface area (Å²) >= 11 is 1.54. The van der Waals surface area contributed by atoms with E-state index in [0.29, 0.717) is 36.0 Å². The van der Waals surface area contributed by atoms with Crippen LogP contribution in [-0.2, 0) is 10.0 Å². The Kier molecular flexibility index (Phi) is 4.92. The molecular weight excluding hydrogens is 380 g/mol. The second kappa shape index (κ2) is 7.22. The molecule has 0 unspecified atom stereocenters. The highest BCUT2D eigenvalue weighted by Gasteiger charge is 2.30. The third-order valence-corrected chi connectivity index (χ3v) is 7.75. The Morgan fingerprint density at radius 2 is 1.78 bits per heavy atom. The topological polar surface area (TPSA) is 59.5 Å². The van der Waals surface area contributed by atoms with Gasteiger partial charge in [-0.2, -0.15) is 4.31 Å². The van der Waals surface area contributed by atoms with Crippen LogP contribution in [0.1, 0.15) is 24.0 Å². The lowest BCUT2D eigenvalue weighted by Crippen LogP contribution is -2.41. The van der Waals surface area contributed by atoms with Crippen molar-refractivity contribution in [2.75, 3.05) is 13.1 Å². The van der Waals surface area contributed by atoms with E-state index in [4.69, 9.17) is 4.74 Å². The van der Waals surface area contributed by atoms with E-state index < -0.39 is 10.0 Å². The molecule has 1 aliphatic rings. The molecule has 2 heterocycles. The van der Waals surface area contributed by atoms with Crippen LogP contribution in [0.4, 0.5) is 0 Å². The highest BCUT2D eigenvalue weighted by atomic mass is 32.2. The lowest BCUT2D eigenvalue weighted by molar-refractivity contribution is 0.135. The van der Waals surface area contributed by atoms with E-state index >= 15 is 0 Å². The normalized spacial score (nSPS) is 16.7. The van der Waals surface area contributed by atoms with Crippen LogP contribution in [0.15, 0.2) is 47.4 Å². The summed E-state index contributed by atoms with van der Waals surface area (Å²) < 4.78 is 34.3. The van der Waals surface area contributed by atoms with Gasteiger partial charge in [0, 0.05) is 13.1 Å². The third kappa shape index (κ3) is 3.72. The number of piperidine rings is 1. The minimum absolute atomic E-state index is 0.00432. The molecule has 1 fully saturated rings. The molecule has 27 heavy (non-hydrogen) atoms. The largest absolute Gasteiger partial charge is 0.467 e. The number of hydrogen-bond acceptors (Lipinski definition) is 5. The number of para-hydroxylation sites is 1. The molecule has 0 radical (unpaired) electrons. The van der Waals surface area contributed by atoms with E-state index in [9.17, 15) is 8.42 Å². The zero-order valence-corrected chi connectivity index (χ0v) is 17.0. The molecule has 0 spiro atoms. The first kappa shape index (κ1) is 18.4. The Balaban J connectivity index is 1.42. The molecule has 0 amide bonds. The van der Waals surface area contributed by atoms with Crippen molar-refractivity contribution < 1.29 is 13.2 Å². The second-order valence-corrected chi connectivity index (χ2v) is 9.87. The first-order chi connectivity index (χ1) is 12.9. The number of rotatable bonds is 4. The van der Waals surface area contributed by atoms with Gasteiger partial charge >= 0.3 is 0 Å². The standard InChI is InChI=1S/C20H22N2O3S2/c1-14-6-8-17(9-7-14)27(23,24)22-12-10-16(11-13-22)25-20-21-19-15(2)4-3-5-18(19)26-20/h3-9,16H,10-13H2,1-2H3. The molecule has 2 aromatic carbocycles. The Morgan fingerprint density at radius 1 is 1.07 bits per heavy atom. The van der Waals surface area contributed by atoms with Crippen molar-refractivity contribution in [3.63, 3.8) is 0 Å². The lowest BCUT2D eigenvalue weighted by atomic mass is 10.1. The van der Waals surface area contributed by atoms with Gasteiger partial charge in [-0.1, -0.05) is 41.2 Å². The maximum Gasteiger partial charge on any atom is 0.274 e. The number of benzene rings is 2. The fourth-order valence-electron chi connectivity index (χ4n) is 3.31. The van der Waals surface area contributed by atoms with E-state index in [2.05, 4.69) is 4.98 Å². The van der Waals surface area contributed by atoms with E-state index in [1.165, 1.54) is 0 Å². The third-order valence-electron chi connectivity index (χ3n) is 4.93. The van der Waals surface area contributed by atoms with Gasteiger partial charge in [0.05, 0.1) is 15.1 Å². The predicted octanol–water partition coefficient (Wildman–Crippen LogP) is 4.15. The molecule has 7 heteroatoms. The van der Waals surface area contributed by atoms with Crippen molar-refractivity contribution in [3.8, 4) is 5.19 Å². The average Bonchev–Trinajstić information content (AvgIpc) is 3.06. The Labute approximate surface area is 163 Å². The smallest absolute Gasteiger partial charge is 0.274 e. The van der Waals surface area contributed by atoms with Gasteiger partial charge in [0.1, 0.15) is 6.10 Å². The van der Waals surface area contributed by atoms with Crippen molar-refractivity contribution in [3.05, 3.63) is 53.6 Å². The SMILES string of the molecule is Cc1ccc(S(=O)(=O)N2CCC(Oc3nc4c(C)cccc4s3)CC2)cc1. The molecule has 1 aliphatic heterocycles. The lowest BCUT2D eigenvalue weighted by Gasteiger charge is -2.30. The first-order valence-corrected chi connectivity index (χ1v) is 11.3. The zero-order valence-electron chi connectivity index (χ0n) is 15.4. The number of nitrogens with zero attached hydrogens (tertiary/aromatic N) is 2. The maximum atomic E-state index is 12.8. The summed E-state index contributed by atoms with van der Waals surface area (Å²) in [6, 6.07) is 13.1. The van der Waals surface area contributed by atoms with Crippen LogP contribution in [0, 0.1) is 13.8 Å². The van der Waals surface area contributed by atoms with Crippen LogP contribution in [0.3, 0.4) is 0 Å². The summed E-state index contributed by atoms with van der Waals surface area (Å²) in [7, 11) is -3.44. The highest BCUT2D eigenvalue weighted by molar-refractivity contribution is 7.89. The van der Waals surface area contributed by atoms with Gasteiger partial charge in [0.25, 0.3) is 5.19 Å². The van der Waals surface area contributed by atoms with Gasteiger partial charge in [-0.05, 0) is 50.5 Å². The molecule has 0 N–H and O–H groups in total. The Hall–Kier alpha value is -1.96. The minimum atomic E-state index is -3.44. The molecule has 3 aromatic rings. The fourth-order valence-corrected chi connectivity index (χ4v) is 5.74. The summed E-state index contributed by atoms with van der Waals surface area (Å²) in [5.74, 6) is 0. The van der Waals surface area contributed by atoms with Crippen molar-refractivity contribution in [1.82, 2.24) is 9.29 Å². The van der Waals surface area contributed by atoms with Gasteiger partial charge < -0.3 is 4.74 Å². The molecule has 0 aliphatic carbocycles. The molecule has 4 rings (SSSR count). The highest BCUT2D eigenvalue weighted by Crippen LogP contribution is 2.32. The van der Waals surface area contributed by atoms with Crippen LogP contribution in [0.2, 0.25) is 0 Å². The van der Waals surface area contributed by atoms with E-state index in [-0.39, 0.29) is 6.10 Å². The molecule has 5 nitrogen and oxygen atoms in total. The number of ether oxygens (including phenoxy) is 1. The average molecular weight is 403 g/mol. The van der Waals surface area contributed by atoms with Crippen molar-refractivity contribution in [2.24, 2.45) is 0 Å². The van der Waals surface area contributed by atoms with Gasteiger partial charge in [0.15, 0.2) is 0 Å². The molecule has 0 saturated carbocycles. The Bertz CT molecular complexity index is 1050. The maximum absolute atomic E-state index is 12.8. The van der Waals surface area contributed by atoms with Crippen LogP contribution < -0.4 is 4.74 Å². The number of hydrogen-bond donors (Lipinski definition) is 0. The van der Waals surface area contributed by atoms with Gasteiger partial charge in [-0.15, -0.1) is 0 Å². The monoisotopic (exact) mass is 402 g/mol. The molecule has 0 bridgehead atoms. The summed E-state index contributed by atoms with van der Waals surface area (Å²) in [6.45, 7) is 4.92. The zero-order chi connectivity index (χ0) is 19.0. The quantitative estimate of drug-likeness (QED) is 0.658. The van der Waals surface area contributed by atoms with Crippen LogP contribution in [0.25, 0.3) is 10.2 Å². The van der Waals surface area contributed by atoms with E-state index in [1.807, 2.05) is 44.2 Å². The second-order valence-electron chi connectivity index (χ2n) is 6.94. The molecule has 0 atom stereocenters. The molecule has 1 saturated heterocycles. The van der Waals surface area contributed by atoms with E-state index in [0.717, 1.165) is 21.3 Å². The fraction of sp³-hybridized carbons (Fsp3) is 0.350. The van der Waals surface area contributed by atoms with Crippen LogP contribution in [-0.4, -0.2) is 36.9 Å². The van der Waals surface area contributed by atoms with Crippen molar-refractivity contribution in [2.45, 2.75) is 37.7 Å². The van der Waals surface area contributed by atoms with Gasteiger partial charge in [-0.3, -0.25) is 0 Å². The van der Waals surface area contributed by atoms with Gasteiger partial charge in [-0.25, -0.2) is 13.4 Å². The molecule has 142 valence electrons. The number of thiazole rings is 1. The van der Waals surface area contributed by atoms with Crippen molar-refractivity contribution in [1.29, 1.82) is 0 Å². The van der Waals surface area contributed by atoms with Crippen LogP contribution in [0.5, 0.6) is 5.19 Å². The summed E-state index contributed by atoms with van der Waals surface area (Å²) in [6.07, 6.45) is 1.33. The number of fused-ring (bicyclic) bond motifs is 1. The molecule has 1 aromatic heterocycles. The number of aryl methyl sites for hydroxylation is 2. The van der Waals surface area contributed by atoms with Crippen LogP contribution >= 0.6 is 11.3 Å². The Morgan fingerprint density at radius 3 is 2.44 bits per heavy atom. The van der Waals surface area contributed by atoms with Gasteiger partial charge in [0.2, 0.25) is 10.0 Å². The van der Waals surface area contributed by atoms with Crippen molar-refractivity contribution >= 4 is 31.6 Å². The summed E-state index contributed by atoms with van der Waals surface area (Å²) in [4.78, 5) is 4.95.